The number of anilines is 4. The molecule has 4 heterocycles. The first kappa shape index (κ1) is 37.5. The van der Waals surface area contributed by atoms with Crippen LogP contribution in [0.3, 0.4) is 0 Å². The van der Waals surface area contributed by atoms with Gasteiger partial charge < -0.3 is 23.7 Å². The van der Waals surface area contributed by atoms with E-state index in [1.165, 1.54) is 21.9 Å². The molecular formula is C69H56N5OPt-3. The van der Waals surface area contributed by atoms with Crippen molar-refractivity contribution in [1.82, 2.24) is 14.1 Å². The van der Waals surface area contributed by atoms with Crippen LogP contribution in [0.15, 0.2) is 206 Å². The summed E-state index contributed by atoms with van der Waals surface area (Å²) in [5.74, 6) is 1.11. The molecule has 0 saturated carbocycles. The number of para-hydroxylation sites is 4. The maximum absolute atomic E-state index is 9.06. The minimum Gasteiger partial charge on any atom is -0.509 e. The molecule has 76 heavy (non-hydrogen) atoms. The summed E-state index contributed by atoms with van der Waals surface area (Å²) in [7, 11) is 0. The molecule has 0 bridgehead atoms. The van der Waals surface area contributed by atoms with Gasteiger partial charge in [-0.3, -0.25) is 0 Å². The second kappa shape index (κ2) is 18.9. The Balaban J connectivity index is 0.00000739. The molecule has 0 N–H and O–H groups in total. The quantitative estimate of drug-likeness (QED) is 0.142. The fraction of sp³-hybridized carbons (Fsp3) is 0.130. The van der Waals surface area contributed by atoms with E-state index in [0.29, 0.717) is 22.6 Å². The van der Waals surface area contributed by atoms with Gasteiger partial charge in [0.15, 0.2) is 0 Å². The predicted octanol–water partition coefficient (Wildman–Crippen LogP) is 18.3. The Morgan fingerprint density at radius 1 is 0.526 bits per heavy atom. The molecule has 0 fully saturated rings. The molecule has 0 aliphatic carbocycles. The number of aromatic nitrogens is 3. The van der Waals surface area contributed by atoms with Crippen molar-refractivity contribution in [2.24, 2.45) is 0 Å². The van der Waals surface area contributed by atoms with Crippen LogP contribution >= 0.6 is 0 Å². The molecule has 0 atom stereocenters. The molecule has 12 aromatic rings. The smallest absolute Gasteiger partial charge is 0.135 e. The fourth-order valence-corrected chi connectivity index (χ4v) is 10.2. The van der Waals surface area contributed by atoms with Gasteiger partial charge >= 0.3 is 0 Å². The van der Waals surface area contributed by atoms with E-state index in [4.69, 9.17) is 24.8 Å². The molecule has 376 valence electrons. The number of rotatable bonds is 8. The van der Waals surface area contributed by atoms with Crippen LogP contribution in [-0.2, 0) is 31.9 Å². The van der Waals surface area contributed by atoms with Crippen molar-refractivity contribution < 1.29 is 40.9 Å². The van der Waals surface area contributed by atoms with Crippen LogP contribution in [0.1, 0.15) is 73.3 Å². The van der Waals surface area contributed by atoms with E-state index in [9.17, 15) is 0 Å². The third-order valence-corrected chi connectivity index (χ3v) is 14.1. The van der Waals surface area contributed by atoms with Gasteiger partial charge in [0.2, 0.25) is 0 Å². The van der Waals surface area contributed by atoms with E-state index >= 15 is 0 Å². The topological polar surface area (TPSA) is 38.5 Å². The summed E-state index contributed by atoms with van der Waals surface area (Å²) in [6.07, 6.45) is 1.50. The summed E-state index contributed by atoms with van der Waals surface area (Å²) in [4.78, 5) is 9.36. The van der Waals surface area contributed by atoms with Gasteiger partial charge in [-0.25, -0.2) is 4.98 Å². The summed E-state index contributed by atoms with van der Waals surface area (Å²) in [6, 6.07) is 52.2. The molecule has 0 spiro atoms. The van der Waals surface area contributed by atoms with Crippen molar-refractivity contribution in [3.05, 3.63) is 242 Å². The Labute approximate surface area is 475 Å². The number of nitrogens with zero attached hydrogens (tertiary/aromatic N) is 5. The number of benzene rings is 9. The molecule has 6 nitrogen and oxygen atoms in total. The van der Waals surface area contributed by atoms with Crippen molar-refractivity contribution in [3.8, 4) is 45.3 Å². The molecule has 0 unspecified atom stereocenters. The largest absolute Gasteiger partial charge is 0.509 e. The molecule has 7 heteroatoms. The van der Waals surface area contributed by atoms with Crippen molar-refractivity contribution in [2.75, 3.05) is 9.80 Å². The van der Waals surface area contributed by atoms with Crippen LogP contribution in [0.4, 0.5) is 22.7 Å². The number of hydrogen-bond acceptors (Lipinski definition) is 4. The Bertz CT molecular complexity index is 4680. The first-order valence-corrected chi connectivity index (χ1v) is 24.9. The van der Waals surface area contributed by atoms with Crippen LogP contribution in [-0.4, -0.2) is 14.1 Å². The van der Waals surface area contributed by atoms with E-state index in [0.717, 1.165) is 50.2 Å². The maximum atomic E-state index is 9.06. The number of fused-ring (bicyclic) bond motifs is 7. The number of ether oxygens (including phenoxy) is 1. The second-order valence-electron chi connectivity index (χ2n) is 21.1. The van der Waals surface area contributed by atoms with Crippen LogP contribution in [0, 0.1) is 25.7 Å². The van der Waals surface area contributed by atoms with Gasteiger partial charge in [0.05, 0.1) is 22.0 Å². The monoisotopic (exact) mass is 1180 g/mol. The van der Waals surface area contributed by atoms with Gasteiger partial charge in [-0.15, -0.1) is 48.1 Å². The summed E-state index contributed by atoms with van der Waals surface area (Å²) < 4.78 is 107. The Morgan fingerprint density at radius 3 is 1.89 bits per heavy atom. The Hall–Kier alpha value is -8.18. The minimum atomic E-state index is -2.71. The van der Waals surface area contributed by atoms with E-state index in [-0.39, 0.29) is 76.3 Å². The SMILES string of the molecule is [2H]c1c([2H])c([2H])c2c(c1[2H])c1c([2H])c([2H])c([2H])c([2H])c1n2-c1cccc(-c2cnc(-n3c4[c-]c(Oc5[c-]c(N6[CH-]N(c7cc(C(C)(C)C)cc(C(C)(C)C)c7)c7ccccc76)ccc5)ccc4c4cc(-c5ccccc5)ccc43)cc2C([2H])([2H])[2H])c1.[Pt]. The molecule has 1 aliphatic heterocycles. The molecule has 0 amide bonds. The van der Waals surface area contributed by atoms with Crippen molar-refractivity contribution in [2.45, 2.75) is 59.2 Å². The van der Waals surface area contributed by atoms with Crippen LogP contribution in [0.25, 0.3) is 77.4 Å². The van der Waals surface area contributed by atoms with Crippen LogP contribution < -0.4 is 14.5 Å². The zero-order chi connectivity index (χ0) is 60.6. The van der Waals surface area contributed by atoms with Gasteiger partial charge in [0.25, 0.3) is 0 Å². The molecule has 9 aromatic carbocycles. The van der Waals surface area contributed by atoms with E-state index in [1.807, 2.05) is 89.5 Å². The van der Waals surface area contributed by atoms with Crippen molar-refractivity contribution in [1.29, 1.82) is 0 Å². The molecule has 3 aromatic heterocycles. The number of hydrogen-bond donors (Lipinski definition) is 0. The first-order valence-electron chi connectivity index (χ1n) is 30.4. The zero-order valence-electron chi connectivity index (χ0n) is 53.5. The summed E-state index contributed by atoms with van der Waals surface area (Å²) in [6.45, 7) is 12.8. The fourth-order valence-electron chi connectivity index (χ4n) is 10.2. The summed E-state index contributed by atoms with van der Waals surface area (Å²) >= 11 is 0. The molecule has 1 aliphatic rings. The minimum absolute atomic E-state index is 0. The van der Waals surface area contributed by atoms with Gasteiger partial charge in [-0.1, -0.05) is 156 Å². The molecule has 0 saturated heterocycles. The number of aryl methyl sites for hydroxylation is 1. The normalized spacial score (nSPS) is 14.9. The van der Waals surface area contributed by atoms with E-state index < -0.39 is 55.2 Å². The summed E-state index contributed by atoms with van der Waals surface area (Å²) in [5.41, 5.74) is 10.2. The molecular weight excluding hydrogens is 1110 g/mol. The van der Waals surface area contributed by atoms with E-state index in [1.54, 1.807) is 30.3 Å². The first-order chi connectivity index (χ1) is 40.9. The average molecular weight is 1180 g/mol. The Morgan fingerprint density at radius 2 is 1.18 bits per heavy atom. The van der Waals surface area contributed by atoms with Crippen LogP contribution in [0.2, 0.25) is 0 Å². The van der Waals surface area contributed by atoms with Crippen LogP contribution in [0.5, 0.6) is 11.5 Å². The standard InChI is InChI=1S/C69H56N5O.Pt/c1-45-35-67(70-43-60(45)48-21-17-23-52(36-48)73-61-27-13-11-25-56(61)57-26-12-14-28-62(57)73)74-63-34-31-47(46-19-9-8-10-20-46)37-59(63)58-33-32-55(42-66(58)74)75-54-24-18-22-51(41-54)71-44-72(65-30-16-15-29-64(65)71)53-39-49(68(2,3)4)38-50(40-53)69(5,6)7;/h8-40,43-44H,1-7H3;/q-3;/i1D3,11D,12D,13D,14D,25D,26D,27D,28D;. The predicted molar refractivity (Wildman–Crippen MR) is 312 cm³/mol. The van der Waals surface area contributed by atoms with E-state index in [2.05, 4.69) is 107 Å². The second-order valence-corrected chi connectivity index (χ2v) is 21.1. The molecule has 0 radical (unpaired) electrons. The maximum Gasteiger partial charge on any atom is 0.135 e. The van der Waals surface area contributed by atoms with Gasteiger partial charge in [0, 0.05) is 87.5 Å². The zero-order valence-corrected chi connectivity index (χ0v) is 44.8. The van der Waals surface area contributed by atoms with Crippen molar-refractivity contribution in [3.63, 3.8) is 0 Å². The number of pyridine rings is 1. The average Bonchev–Trinajstić information content (AvgIpc) is 1.57. The van der Waals surface area contributed by atoms with Crippen molar-refractivity contribution >= 4 is 66.4 Å². The van der Waals surface area contributed by atoms with Gasteiger partial charge in [-0.2, -0.15) is 12.1 Å². The third kappa shape index (κ3) is 8.55. The van der Waals surface area contributed by atoms with Gasteiger partial charge in [0.1, 0.15) is 5.82 Å². The van der Waals surface area contributed by atoms with Gasteiger partial charge in [-0.05, 0) is 117 Å². The third-order valence-electron chi connectivity index (χ3n) is 14.1. The Kier molecular flexibility index (Phi) is 9.32. The molecule has 13 rings (SSSR count). The summed E-state index contributed by atoms with van der Waals surface area (Å²) in [5, 5.41) is 1.55.